The van der Waals surface area contributed by atoms with E-state index in [0.29, 0.717) is 0 Å². The maximum atomic E-state index is 12.0. The van der Waals surface area contributed by atoms with Crippen LogP contribution in [0.5, 0.6) is 0 Å². The second kappa shape index (κ2) is 6.90. The van der Waals surface area contributed by atoms with Gasteiger partial charge in [0.2, 0.25) is 0 Å². The number of carbonyl (C=O) groups excluding carboxylic acids is 1. The Kier molecular flexibility index (Phi) is 4.95. The Morgan fingerprint density at radius 2 is 1.71 bits per heavy atom. The highest BCUT2D eigenvalue weighted by Crippen LogP contribution is 2.16. The van der Waals surface area contributed by atoms with E-state index >= 15 is 0 Å². The third-order valence-electron chi connectivity index (χ3n) is 3.26. The van der Waals surface area contributed by atoms with Gasteiger partial charge in [-0.25, -0.2) is 4.79 Å². The second-order valence-corrected chi connectivity index (χ2v) is 5.05. The molecule has 0 bridgehead atoms. The second-order valence-electron chi connectivity index (χ2n) is 5.05. The maximum absolute atomic E-state index is 12.0. The van der Waals surface area contributed by atoms with Gasteiger partial charge < -0.3 is 16.4 Å². The number of rotatable bonds is 4. The molecule has 4 nitrogen and oxygen atoms in total. The molecule has 0 aliphatic heterocycles. The Balaban J connectivity index is 2.02. The molecule has 0 aromatic heterocycles. The van der Waals surface area contributed by atoms with E-state index in [1.807, 2.05) is 55.5 Å². The number of nitrogens with two attached hydrogens (primary N) is 1. The van der Waals surface area contributed by atoms with Gasteiger partial charge in [-0.1, -0.05) is 31.2 Å². The molecule has 0 heterocycles. The molecule has 0 radical (unpaired) electrons. The quantitative estimate of drug-likeness (QED) is 0.796. The lowest BCUT2D eigenvalue weighted by atomic mass is 10.1. The average Bonchev–Trinajstić information content (AvgIpc) is 2.47. The number of amides is 2. The Hall–Kier alpha value is -2.33. The van der Waals surface area contributed by atoms with Gasteiger partial charge in [0.05, 0.1) is 0 Å². The van der Waals surface area contributed by atoms with Gasteiger partial charge in [-0.15, -0.1) is 0 Å². The number of nitrogens with one attached hydrogen (secondary N) is 2. The molecule has 0 spiro atoms. The molecule has 4 N–H and O–H groups in total. The van der Waals surface area contributed by atoms with Crippen LogP contribution < -0.4 is 16.4 Å². The maximum Gasteiger partial charge on any atom is 0.323 e. The van der Waals surface area contributed by atoms with E-state index in [1.54, 1.807) is 0 Å². The summed E-state index contributed by atoms with van der Waals surface area (Å²) in [5, 5.41) is 5.65. The van der Waals surface area contributed by atoms with Crippen LogP contribution in [0.2, 0.25) is 0 Å². The lowest BCUT2D eigenvalue weighted by Crippen LogP contribution is -2.19. The standard InChI is InChI=1S/C17H21N3O/c1-3-13-6-4-8-15(10-13)19-17(21)20-16-9-5-7-14(11-16)12(2)18/h4-12H,3,18H2,1-2H3,(H2,19,20,21). The summed E-state index contributed by atoms with van der Waals surface area (Å²) in [6.45, 7) is 3.99. The number of urea groups is 1. The van der Waals surface area contributed by atoms with Crippen molar-refractivity contribution in [3.8, 4) is 0 Å². The number of benzene rings is 2. The summed E-state index contributed by atoms with van der Waals surface area (Å²) in [7, 11) is 0. The van der Waals surface area contributed by atoms with Crippen LogP contribution in [0, 0.1) is 0 Å². The molecule has 0 aliphatic carbocycles. The van der Waals surface area contributed by atoms with E-state index in [-0.39, 0.29) is 12.1 Å². The van der Waals surface area contributed by atoms with Gasteiger partial charge in [0.1, 0.15) is 0 Å². The molecule has 1 atom stereocenters. The van der Waals surface area contributed by atoms with Crippen LogP contribution >= 0.6 is 0 Å². The third kappa shape index (κ3) is 4.33. The van der Waals surface area contributed by atoms with Crippen molar-refractivity contribution in [3.63, 3.8) is 0 Å². The monoisotopic (exact) mass is 283 g/mol. The van der Waals surface area contributed by atoms with E-state index in [4.69, 9.17) is 5.73 Å². The summed E-state index contributed by atoms with van der Waals surface area (Å²) >= 11 is 0. The highest BCUT2D eigenvalue weighted by molar-refractivity contribution is 5.99. The predicted molar refractivity (Wildman–Crippen MR) is 87.5 cm³/mol. The molecule has 1 unspecified atom stereocenters. The van der Waals surface area contributed by atoms with Crippen molar-refractivity contribution in [2.24, 2.45) is 5.73 Å². The van der Waals surface area contributed by atoms with Crippen molar-refractivity contribution < 1.29 is 4.79 Å². The van der Waals surface area contributed by atoms with Crippen molar-refractivity contribution in [1.82, 2.24) is 0 Å². The van der Waals surface area contributed by atoms with Gasteiger partial charge in [0.15, 0.2) is 0 Å². The fourth-order valence-electron chi connectivity index (χ4n) is 2.06. The van der Waals surface area contributed by atoms with E-state index < -0.39 is 0 Å². The van der Waals surface area contributed by atoms with Crippen LogP contribution in [-0.2, 0) is 6.42 Å². The third-order valence-corrected chi connectivity index (χ3v) is 3.26. The van der Waals surface area contributed by atoms with E-state index in [1.165, 1.54) is 5.56 Å². The molecule has 2 aromatic carbocycles. The fraction of sp³-hybridized carbons (Fsp3) is 0.235. The SMILES string of the molecule is CCc1cccc(NC(=O)Nc2cccc(C(C)N)c2)c1. The van der Waals surface area contributed by atoms with Crippen LogP contribution in [0.15, 0.2) is 48.5 Å². The molecular weight excluding hydrogens is 262 g/mol. The largest absolute Gasteiger partial charge is 0.324 e. The predicted octanol–water partition coefficient (Wildman–Crippen LogP) is 3.91. The molecule has 110 valence electrons. The first kappa shape index (κ1) is 15.1. The first-order valence-corrected chi connectivity index (χ1v) is 7.11. The smallest absolute Gasteiger partial charge is 0.323 e. The molecule has 2 aromatic rings. The minimum atomic E-state index is -0.259. The summed E-state index contributed by atoms with van der Waals surface area (Å²) < 4.78 is 0. The van der Waals surface area contributed by atoms with Crippen molar-refractivity contribution in [2.75, 3.05) is 10.6 Å². The molecule has 0 saturated heterocycles. The van der Waals surface area contributed by atoms with Crippen molar-refractivity contribution in [3.05, 3.63) is 59.7 Å². The zero-order valence-electron chi connectivity index (χ0n) is 12.4. The normalized spacial score (nSPS) is 11.8. The molecule has 2 amide bonds. The topological polar surface area (TPSA) is 67.2 Å². The average molecular weight is 283 g/mol. The lowest BCUT2D eigenvalue weighted by molar-refractivity contribution is 0.262. The van der Waals surface area contributed by atoms with Crippen LogP contribution in [-0.4, -0.2) is 6.03 Å². The summed E-state index contributed by atoms with van der Waals surface area (Å²) in [5.41, 5.74) is 9.53. The highest BCUT2D eigenvalue weighted by atomic mass is 16.2. The fourth-order valence-corrected chi connectivity index (χ4v) is 2.06. The number of hydrogen-bond donors (Lipinski definition) is 3. The van der Waals surface area contributed by atoms with Gasteiger partial charge in [-0.05, 0) is 48.7 Å². The molecule has 0 saturated carbocycles. The van der Waals surface area contributed by atoms with Gasteiger partial charge >= 0.3 is 6.03 Å². The van der Waals surface area contributed by atoms with E-state index in [9.17, 15) is 4.79 Å². The Bertz CT molecular complexity index is 623. The van der Waals surface area contributed by atoms with E-state index in [0.717, 1.165) is 23.4 Å². The Labute approximate surface area is 125 Å². The Morgan fingerprint density at radius 3 is 2.33 bits per heavy atom. The van der Waals surface area contributed by atoms with Gasteiger partial charge in [0.25, 0.3) is 0 Å². The number of carbonyl (C=O) groups is 1. The molecule has 21 heavy (non-hydrogen) atoms. The zero-order valence-corrected chi connectivity index (χ0v) is 12.4. The van der Waals surface area contributed by atoms with Crippen LogP contribution in [0.3, 0.4) is 0 Å². The minimum absolute atomic E-state index is 0.0592. The van der Waals surface area contributed by atoms with E-state index in [2.05, 4.69) is 17.6 Å². The molecule has 0 fully saturated rings. The molecule has 4 heteroatoms. The van der Waals surface area contributed by atoms with Crippen molar-refractivity contribution in [1.29, 1.82) is 0 Å². The summed E-state index contributed by atoms with van der Waals surface area (Å²) in [5.74, 6) is 0. The van der Waals surface area contributed by atoms with Crippen LogP contribution in [0.25, 0.3) is 0 Å². The summed E-state index contributed by atoms with van der Waals surface area (Å²) in [4.78, 5) is 12.0. The van der Waals surface area contributed by atoms with Crippen LogP contribution in [0.4, 0.5) is 16.2 Å². The highest BCUT2D eigenvalue weighted by Gasteiger charge is 2.05. The first-order chi connectivity index (χ1) is 10.1. The van der Waals surface area contributed by atoms with Crippen molar-refractivity contribution >= 4 is 17.4 Å². The first-order valence-electron chi connectivity index (χ1n) is 7.11. The van der Waals surface area contributed by atoms with Gasteiger partial charge in [0, 0.05) is 17.4 Å². The van der Waals surface area contributed by atoms with Crippen molar-refractivity contribution in [2.45, 2.75) is 26.3 Å². The zero-order chi connectivity index (χ0) is 15.2. The number of hydrogen-bond acceptors (Lipinski definition) is 2. The molecule has 0 aliphatic rings. The molecule has 2 rings (SSSR count). The summed E-state index contributed by atoms with van der Waals surface area (Å²) in [6, 6.07) is 15.0. The van der Waals surface area contributed by atoms with Gasteiger partial charge in [-0.3, -0.25) is 0 Å². The Morgan fingerprint density at radius 1 is 1.10 bits per heavy atom. The summed E-state index contributed by atoms with van der Waals surface area (Å²) in [6.07, 6.45) is 0.938. The number of aryl methyl sites for hydroxylation is 1. The van der Waals surface area contributed by atoms with Crippen LogP contribution in [0.1, 0.15) is 31.0 Å². The minimum Gasteiger partial charge on any atom is -0.324 e. The van der Waals surface area contributed by atoms with Gasteiger partial charge in [-0.2, -0.15) is 0 Å². The lowest BCUT2D eigenvalue weighted by Gasteiger charge is -2.11. The number of anilines is 2. The molecular formula is C17H21N3O.